The first-order chi connectivity index (χ1) is 14.0. The van der Waals surface area contributed by atoms with Crippen LogP contribution in [0.5, 0.6) is 11.5 Å². The number of rotatable bonds is 6. The number of likely N-dealkylation sites (tertiary alicyclic amines) is 1. The summed E-state index contributed by atoms with van der Waals surface area (Å²) in [4.78, 5) is 2.84. The highest BCUT2D eigenvalue weighted by Crippen LogP contribution is 2.38. The van der Waals surface area contributed by atoms with E-state index in [1.54, 1.807) is 29.6 Å². The second-order valence-electron chi connectivity index (χ2n) is 8.89. The zero-order chi connectivity index (χ0) is 20.4. The molecule has 0 amide bonds. The summed E-state index contributed by atoms with van der Waals surface area (Å²) in [6.45, 7) is 4.68. The number of fused-ring (bicyclic) bond motifs is 1. The molecule has 162 valence electrons. The van der Waals surface area contributed by atoms with Crippen molar-refractivity contribution in [2.24, 2.45) is 17.8 Å². The van der Waals surface area contributed by atoms with Gasteiger partial charge < -0.3 is 14.4 Å². The lowest BCUT2D eigenvalue weighted by Crippen LogP contribution is -2.33. The first-order valence-corrected chi connectivity index (χ1v) is 12.4. The van der Waals surface area contributed by atoms with E-state index < -0.39 is 10.0 Å². The van der Waals surface area contributed by atoms with Crippen LogP contribution >= 0.6 is 0 Å². The largest absolute Gasteiger partial charge is 0.497 e. The number of benzene rings is 1. The maximum atomic E-state index is 13.4. The zero-order valence-corrected chi connectivity index (χ0v) is 18.5. The fourth-order valence-electron chi connectivity index (χ4n) is 5.42. The lowest BCUT2D eigenvalue weighted by atomic mass is 9.92. The van der Waals surface area contributed by atoms with Gasteiger partial charge in [0.15, 0.2) is 0 Å². The summed E-state index contributed by atoms with van der Waals surface area (Å²) in [5.41, 5.74) is 0. The molecule has 0 N–H and O–H groups in total. The van der Waals surface area contributed by atoms with Gasteiger partial charge in [-0.15, -0.1) is 0 Å². The Morgan fingerprint density at radius 3 is 2.21 bits per heavy atom. The van der Waals surface area contributed by atoms with Crippen LogP contribution in [-0.4, -0.2) is 64.6 Å². The van der Waals surface area contributed by atoms with Crippen molar-refractivity contribution in [2.75, 3.05) is 46.9 Å². The minimum Gasteiger partial charge on any atom is -0.497 e. The first kappa shape index (κ1) is 20.9. The van der Waals surface area contributed by atoms with E-state index in [1.807, 2.05) is 0 Å². The van der Waals surface area contributed by atoms with Crippen molar-refractivity contribution < 1.29 is 17.9 Å². The van der Waals surface area contributed by atoms with Gasteiger partial charge in [-0.25, -0.2) is 8.42 Å². The molecule has 1 aromatic rings. The van der Waals surface area contributed by atoms with Gasteiger partial charge in [-0.3, -0.25) is 0 Å². The van der Waals surface area contributed by atoms with Gasteiger partial charge in [0.2, 0.25) is 10.0 Å². The lowest BCUT2D eigenvalue weighted by molar-refractivity contribution is 0.232. The van der Waals surface area contributed by atoms with Gasteiger partial charge in [0.25, 0.3) is 0 Å². The molecule has 4 rings (SSSR count). The van der Waals surface area contributed by atoms with Crippen molar-refractivity contribution in [3.05, 3.63) is 18.2 Å². The fourth-order valence-corrected chi connectivity index (χ4v) is 7.14. The molecule has 0 bridgehead atoms. The smallest absolute Gasteiger partial charge is 0.246 e. The first-order valence-electron chi connectivity index (χ1n) is 11.0. The predicted octanol–water partition coefficient (Wildman–Crippen LogP) is 3.23. The van der Waals surface area contributed by atoms with Crippen LogP contribution in [0.1, 0.15) is 38.5 Å². The predicted molar refractivity (Wildman–Crippen MR) is 113 cm³/mol. The van der Waals surface area contributed by atoms with E-state index in [4.69, 9.17) is 9.47 Å². The maximum absolute atomic E-state index is 13.4. The molecule has 1 aromatic carbocycles. The van der Waals surface area contributed by atoms with Crippen molar-refractivity contribution in [3.8, 4) is 11.5 Å². The molecule has 29 heavy (non-hydrogen) atoms. The van der Waals surface area contributed by atoms with Gasteiger partial charge in [-0.2, -0.15) is 4.31 Å². The number of sulfonamides is 1. The van der Waals surface area contributed by atoms with E-state index >= 15 is 0 Å². The molecule has 0 radical (unpaired) electrons. The van der Waals surface area contributed by atoms with Crippen LogP contribution in [0.4, 0.5) is 0 Å². The number of hydrogen-bond donors (Lipinski definition) is 0. The number of ether oxygens (including phenoxy) is 2. The summed E-state index contributed by atoms with van der Waals surface area (Å²) in [7, 11) is -0.549. The average molecular weight is 423 g/mol. The van der Waals surface area contributed by atoms with E-state index in [-0.39, 0.29) is 4.90 Å². The lowest BCUT2D eigenvalue weighted by Gasteiger charge is -2.25. The number of hydrogen-bond acceptors (Lipinski definition) is 5. The normalized spacial score (nSPS) is 27.0. The van der Waals surface area contributed by atoms with Crippen molar-refractivity contribution in [3.63, 3.8) is 0 Å². The molecule has 7 heteroatoms. The number of nitrogens with zero attached hydrogens (tertiary/aromatic N) is 2. The maximum Gasteiger partial charge on any atom is 0.246 e. The molecule has 1 saturated carbocycles. The summed E-state index contributed by atoms with van der Waals surface area (Å²) < 4.78 is 39.0. The molecule has 2 saturated heterocycles. The molecule has 0 aromatic heterocycles. The van der Waals surface area contributed by atoms with E-state index in [2.05, 4.69) is 4.90 Å². The van der Waals surface area contributed by atoms with Crippen LogP contribution in [-0.2, 0) is 10.0 Å². The summed E-state index contributed by atoms with van der Waals surface area (Å²) in [6.07, 6.45) is 7.75. The highest BCUT2D eigenvalue weighted by molar-refractivity contribution is 7.89. The van der Waals surface area contributed by atoms with Gasteiger partial charge in [0.05, 0.1) is 14.2 Å². The molecule has 2 atom stereocenters. The molecule has 0 unspecified atom stereocenters. The van der Waals surface area contributed by atoms with E-state index in [1.165, 1.54) is 39.3 Å². The summed E-state index contributed by atoms with van der Waals surface area (Å²) in [5, 5.41) is 0. The molecule has 3 fully saturated rings. The van der Waals surface area contributed by atoms with Crippen LogP contribution in [0.3, 0.4) is 0 Å². The third kappa shape index (κ3) is 4.42. The van der Waals surface area contributed by atoms with Gasteiger partial charge in [-0.05, 0) is 68.7 Å². The summed E-state index contributed by atoms with van der Waals surface area (Å²) >= 11 is 0. The highest BCUT2D eigenvalue weighted by Gasteiger charge is 2.41. The van der Waals surface area contributed by atoms with Crippen molar-refractivity contribution in [1.29, 1.82) is 0 Å². The van der Waals surface area contributed by atoms with Crippen LogP contribution < -0.4 is 9.47 Å². The van der Waals surface area contributed by atoms with Crippen LogP contribution in [0.15, 0.2) is 23.1 Å². The van der Waals surface area contributed by atoms with Crippen molar-refractivity contribution in [2.45, 2.75) is 43.4 Å². The molecule has 0 spiro atoms. The van der Waals surface area contributed by atoms with Crippen LogP contribution in [0, 0.1) is 17.8 Å². The molecule has 3 aliphatic rings. The topological polar surface area (TPSA) is 59.1 Å². The van der Waals surface area contributed by atoms with Crippen molar-refractivity contribution in [1.82, 2.24) is 9.21 Å². The Balaban J connectivity index is 1.44. The van der Waals surface area contributed by atoms with E-state index in [0.29, 0.717) is 36.4 Å². The Morgan fingerprint density at radius 1 is 0.966 bits per heavy atom. The van der Waals surface area contributed by atoms with Gasteiger partial charge in [0, 0.05) is 25.7 Å². The Morgan fingerprint density at radius 2 is 1.62 bits per heavy atom. The highest BCUT2D eigenvalue weighted by atomic mass is 32.2. The molecule has 6 nitrogen and oxygen atoms in total. The van der Waals surface area contributed by atoms with Crippen LogP contribution in [0.25, 0.3) is 0 Å². The Labute approximate surface area is 175 Å². The molecular weight excluding hydrogens is 388 g/mol. The molecular formula is C22H34N2O4S. The molecule has 2 heterocycles. The summed E-state index contributed by atoms with van der Waals surface area (Å²) in [6, 6.07) is 4.97. The van der Waals surface area contributed by atoms with E-state index in [9.17, 15) is 8.42 Å². The Kier molecular flexibility index (Phi) is 6.37. The average Bonchev–Trinajstić information content (AvgIpc) is 3.35. The molecule has 1 aliphatic carbocycles. The minimum absolute atomic E-state index is 0.207. The third-order valence-corrected chi connectivity index (χ3v) is 9.01. The SMILES string of the molecule is COc1ccc(OC)c(S(=O)(=O)N2C[C@H]3CCN(CC4CCCC4)CC[C@H]3C2)c1. The van der Waals surface area contributed by atoms with Crippen molar-refractivity contribution >= 4 is 10.0 Å². The fraction of sp³-hybridized carbons (Fsp3) is 0.727. The number of methoxy groups -OCH3 is 2. The monoisotopic (exact) mass is 422 g/mol. The third-order valence-electron chi connectivity index (χ3n) is 7.15. The quantitative estimate of drug-likeness (QED) is 0.704. The van der Waals surface area contributed by atoms with Gasteiger partial charge >= 0.3 is 0 Å². The minimum atomic E-state index is -3.60. The zero-order valence-electron chi connectivity index (χ0n) is 17.7. The second-order valence-corrected chi connectivity index (χ2v) is 10.8. The van der Waals surface area contributed by atoms with E-state index in [0.717, 1.165) is 31.8 Å². The van der Waals surface area contributed by atoms with Gasteiger partial charge in [-0.1, -0.05) is 12.8 Å². The Bertz CT molecular complexity index is 791. The van der Waals surface area contributed by atoms with Gasteiger partial charge in [0.1, 0.15) is 16.4 Å². The van der Waals surface area contributed by atoms with Crippen LogP contribution in [0.2, 0.25) is 0 Å². The summed E-state index contributed by atoms with van der Waals surface area (Å²) in [5.74, 6) is 2.69. The second kappa shape index (κ2) is 8.82. The molecule has 2 aliphatic heterocycles. The standard InChI is InChI=1S/C22H34N2O4S/c1-27-20-7-8-21(28-2)22(13-20)29(25,26)24-15-18-9-11-23(12-10-19(18)16-24)14-17-5-3-4-6-17/h7-8,13,17-19H,3-6,9-12,14-16H2,1-2H3/t18-,19+. The Hall–Kier alpha value is -1.31.